The Balaban J connectivity index is 4.42. The van der Waals surface area contributed by atoms with Crippen LogP contribution in [0.1, 0.15) is 20.8 Å². The van der Waals surface area contributed by atoms with Gasteiger partial charge in [-0.25, -0.2) is 20.0 Å². The summed E-state index contributed by atoms with van der Waals surface area (Å²) in [7, 11) is 0. The minimum atomic E-state index is -0.768. The molecule has 0 unspecified atom stereocenters. The Morgan fingerprint density at radius 3 is 2.31 bits per heavy atom. The molecule has 7 heteroatoms. The molecule has 0 aliphatic carbocycles. The summed E-state index contributed by atoms with van der Waals surface area (Å²) < 4.78 is 9.33. The topological polar surface area (TPSA) is 88.1 Å². The first-order valence-electron chi connectivity index (χ1n) is 5.07. The molecule has 0 fully saturated rings. The van der Waals surface area contributed by atoms with Crippen LogP contribution in [0.3, 0.4) is 0 Å². The molecule has 0 aromatic heterocycles. The molecule has 0 aliphatic heterocycles. The van der Waals surface area contributed by atoms with E-state index in [1.807, 2.05) is 0 Å². The molecule has 0 aromatic rings. The molecule has 0 bridgehead atoms. The summed E-state index contributed by atoms with van der Waals surface area (Å²) in [4.78, 5) is 22.5. The molecular weight excluding hydrogens is 216 g/mol. The molecule has 94 valence electrons. The van der Waals surface area contributed by atoms with Crippen molar-refractivity contribution < 1.29 is 24.2 Å². The monoisotopic (exact) mass is 234 g/mol. The van der Waals surface area contributed by atoms with E-state index in [0.717, 1.165) is 5.01 Å². The van der Waals surface area contributed by atoms with Crippen LogP contribution < -0.4 is 5.43 Å². The Bertz CT molecular complexity index is 234. The van der Waals surface area contributed by atoms with Gasteiger partial charge in [-0.15, -0.1) is 0 Å². The van der Waals surface area contributed by atoms with Crippen molar-refractivity contribution in [2.45, 2.75) is 26.8 Å². The largest absolute Gasteiger partial charge is 0.449 e. The van der Waals surface area contributed by atoms with Gasteiger partial charge in [0.25, 0.3) is 0 Å². The van der Waals surface area contributed by atoms with Crippen molar-refractivity contribution in [3.05, 3.63) is 0 Å². The van der Waals surface area contributed by atoms with Crippen molar-refractivity contribution in [2.75, 3.05) is 19.8 Å². The van der Waals surface area contributed by atoms with Crippen LogP contribution in [-0.4, -0.2) is 48.2 Å². The van der Waals surface area contributed by atoms with E-state index in [1.165, 1.54) is 0 Å². The minimum absolute atomic E-state index is 0.179. The summed E-state index contributed by atoms with van der Waals surface area (Å²) in [5, 5.41) is 9.81. The number of nitrogens with zero attached hydrogens (tertiary/aromatic N) is 1. The maximum Gasteiger partial charge on any atom is 0.429 e. The predicted molar refractivity (Wildman–Crippen MR) is 55.6 cm³/mol. The molecule has 2 N–H and O–H groups in total. The van der Waals surface area contributed by atoms with E-state index in [-0.39, 0.29) is 19.8 Å². The Hall–Kier alpha value is -1.50. The third-order valence-electron chi connectivity index (χ3n) is 1.66. The van der Waals surface area contributed by atoms with Crippen LogP contribution >= 0.6 is 0 Å². The molecule has 0 aromatic carbocycles. The second kappa shape index (κ2) is 7.75. The van der Waals surface area contributed by atoms with Gasteiger partial charge >= 0.3 is 12.2 Å². The van der Waals surface area contributed by atoms with Gasteiger partial charge in [-0.05, 0) is 20.8 Å². The van der Waals surface area contributed by atoms with Gasteiger partial charge in [0.1, 0.15) is 0 Å². The van der Waals surface area contributed by atoms with Gasteiger partial charge in [-0.2, -0.15) is 0 Å². The van der Waals surface area contributed by atoms with Gasteiger partial charge in [0, 0.05) is 0 Å². The van der Waals surface area contributed by atoms with Gasteiger partial charge in [0.05, 0.1) is 25.9 Å². The lowest BCUT2D eigenvalue weighted by Gasteiger charge is -2.26. The summed E-state index contributed by atoms with van der Waals surface area (Å²) in [6.07, 6.45) is -1.51. The number of aliphatic hydroxyl groups is 1. The number of ether oxygens (including phenoxy) is 2. The highest BCUT2D eigenvalue weighted by Crippen LogP contribution is 1.99. The first-order chi connectivity index (χ1) is 7.56. The van der Waals surface area contributed by atoms with Crippen molar-refractivity contribution in [3.8, 4) is 0 Å². The Kier molecular flexibility index (Phi) is 7.02. The van der Waals surface area contributed by atoms with Gasteiger partial charge in [-0.3, -0.25) is 0 Å². The molecule has 0 saturated heterocycles. The highest BCUT2D eigenvalue weighted by Gasteiger charge is 2.23. The number of carbonyl (C=O) groups excluding carboxylic acids is 2. The lowest BCUT2D eigenvalue weighted by molar-refractivity contribution is 0.0443. The Labute approximate surface area is 94.3 Å². The van der Waals surface area contributed by atoms with E-state index in [1.54, 1.807) is 20.8 Å². The SMILES string of the molecule is CCOC(=O)NN(C(=O)OCC)[C@@H](C)CO. The number of carbonyl (C=O) groups is 2. The number of amides is 2. The van der Waals surface area contributed by atoms with Crippen LogP contribution in [0.15, 0.2) is 0 Å². The zero-order valence-electron chi connectivity index (χ0n) is 9.73. The van der Waals surface area contributed by atoms with Gasteiger partial charge in [0.15, 0.2) is 0 Å². The molecule has 0 saturated carbocycles. The van der Waals surface area contributed by atoms with E-state index >= 15 is 0 Å². The Morgan fingerprint density at radius 2 is 1.88 bits per heavy atom. The third kappa shape index (κ3) is 4.83. The lowest BCUT2D eigenvalue weighted by Crippen LogP contribution is -2.52. The van der Waals surface area contributed by atoms with Gasteiger partial charge < -0.3 is 14.6 Å². The third-order valence-corrected chi connectivity index (χ3v) is 1.66. The van der Waals surface area contributed by atoms with E-state index < -0.39 is 18.2 Å². The van der Waals surface area contributed by atoms with Crippen molar-refractivity contribution >= 4 is 12.2 Å². The number of hydrogen-bond acceptors (Lipinski definition) is 5. The van der Waals surface area contributed by atoms with Crippen LogP contribution in [0.25, 0.3) is 0 Å². The molecule has 0 radical (unpaired) electrons. The zero-order chi connectivity index (χ0) is 12.6. The van der Waals surface area contributed by atoms with Crippen molar-refractivity contribution in [1.82, 2.24) is 10.4 Å². The second-order valence-corrected chi connectivity index (χ2v) is 2.93. The van der Waals surface area contributed by atoms with Crippen molar-refractivity contribution in [2.24, 2.45) is 0 Å². The van der Waals surface area contributed by atoms with Gasteiger partial charge in [0.2, 0.25) is 0 Å². The molecule has 0 rings (SSSR count). The van der Waals surface area contributed by atoms with Crippen LogP contribution in [0.2, 0.25) is 0 Å². The Morgan fingerprint density at radius 1 is 1.31 bits per heavy atom. The average Bonchev–Trinajstić information content (AvgIpc) is 2.25. The fourth-order valence-corrected chi connectivity index (χ4v) is 0.872. The first-order valence-corrected chi connectivity index (χ1v) is 5.07. The molecule has 1 atom stereocenters. The fraction of sp³-hybridized carbons (Fsp3) is 0.778. The number of aliphatic hydroxyl groups excluding tert-OH is 1. The van der Waals surface area contributed by atoms with Crippen LogP contribution in [0.4, 0.5) is 9.59 Å². The average molecular weight is 234 g/mol. The van der Waals surface area contributed by atoms with Crippen LogP contribution in [0, 0.1) is 0 Å². The highest BCUT2D eigenvalue weighted by atomic mass is 16.6. The van der Waals surface area contributed by atoms with Gasteiger partial charge in [-0.1, -0.05) is 0 Å². The molecule has 0 spiro atoms. The summed E-state index contributed by atoms with van der Waals surface area (Å²) >= 11 is 0. The quantitative estimate of drug-likeness (QED) is 0.691. The minimum Gasteiger partial charge on any atom is -0.449 e. The summed E-state index contributed by atoms with van der Waals surface area (Å²) in [5.74, 6) is 0. The maximum atomic E-state index is 11.4. The molecule has 16 heavy (non-hydrogen) atoms. The number of rotatable bonds is 4. The van der Waals surface area contributed by atoms with Crippen LogP contribution in [0.5, 0.6) is 0 Å². The standard InChI is InChI=1S/C9H18N2O5/c1-4-15-8(13)10-11(7(3)6-12)9(14)16-5-2/h7,12H,4-6H2,1-3H3,(H,10,13)/t7-/m0/s1. The molecule has 0 heterocycles. The smallest absolute Gasteiger partial charge is 0.429 e. The van der Waals surface area contributed by atoms with E-state index in [4.69, 9.17) is 9.84 Å². The molecule has 7 nitrogen and oxygen atoms in total. The highest BCUT2D eigenvalue weighted by molar-refractivity contribution is 5.74. The fourth-order valence-electron chi connectivity index (χ4n) is 0.872. The van der Waals surface area contributed by atoms with Crippen LogP contribution in [-0.2, 0) is 9.47 Å². The molecular formula is C9H18N2O5. The summed E-state index contributed by atoms with van der Waals surface area (Å²) in [6.45, 7) is 4.91. The number of hydrogen-bond donors (Lipinski definition) is 2. The zero-order valence-corrected chi connectivity index (χ0v) is 9.73. The summed E-state index contributed by atoms with van der Waals surface area (Å²) in [6, 6.07) is -0.594. The predicted octanol–water partition coefficient (Wildman–Crippen LogP) is 0.487. The normalized spacial score (nSPS) is 11.5. The molecule has 0 aliphatic rings. The number of nitrogens with one attached hydrogen (secondary N) is 1. The maximum absolute atomic E-state index is 11.4. The second-order valence-electron chi connectivity index (χ2n) is 2.93. The number of hydrazine groups is 1. The van der Waals surface area contributed by atoms with E-state index in [9.17, 15) is 9.59 Å². The van der Waals surface area contributed by atoms with Crippen molar-refractivity contribution in [1.29, 1.82) is 0 Å². The molecule has 2 amide bonds. The lowest BCUT2D eigenvalue weighted by atomic mass is 10.3. The first kappa shape index (κ1) is 14.5. The van der Waals surface area contributed by atoms with E-state index in [0.29, 0.717) is 0 Å². The van der Waals surface area contributed by atoms with Crippen molar-refractivity contribution in [3.63, 3.8) is 0 Å². The summed E-state index contributed by atoms with van der Waals surface area (Å²) in [5.41, 5.74) is 2.19. The van der Waals surface area contributed by atoms with E-state index in [2.05, 4.69) is 10.2 Å².